The first kappa shape index (κ1) is 14.6. The summed E-state index contributed by atoms with van der Waals surface area (Å²) in [5.41, 5.74) is 0.0102. The largest absolute Gasteiger partial charge is 0.394 e. The number of nitrogens with one attached hydrogen (secondary N) is 1. The molecule has 0 radical (unpaired) electrons. The topological polar surface area (TPSA) is 41.5 Å². The van der Waals surface area contributed by atoms with E-state index in [1.165, 1.54) is 37.9 Å². The molecule has 1 saturated heterocycles. The van der Waals surface area contributed by atoms with Gasteiger partial charge in [-0.2, -0.15) is 11.8 Å². The quantitative estimate of drug-likeness (QED) is 0.777. The average Bonchev–Trinajstić information content (AvgIpc) is 2.84. The minimum absolute atomic E-state index is 0.0102. The van der Waals surface area contributed by atoms with E-state index in [2.05, 4.69) is 17.1 Å². The Morgan fingerprint density at radius 1 is 1.33 bits per heavy atom. The van der Waals surface area contributed by atoms with Gasteiger partial charge in [-0.3, -0.25) is 0 Å². The monoisotopic (exact) mass is 273 g/mol. The average molecular weight is 273 g/mol. The Hall–Kier alpha value is 0.230. The molecule has 4 heteroatoms. The Kier molecular flexibility index (Phi) is 5.80. The van der Waals surface area contributed by atoms with Crippen LogP contribution in [0.3, 0.4) is 0 Å². The first-order chi connectivity index (χ1) is 8.80. The van der Waals surface area contributed by atoms with E-state index in [1.807, 2.05) is 7.05 Å². The molecule has 2 N–H and O–H groups in total. The van der Waals surface area contributed by atoms with E-state index in [0.717, 1.165) is 24.9 Å². The van der Waals surface area contributed by atoms with E-state index < -0.39 is 0 Å². The maximum atomic E-state index is 9.65. The summed E-state index contributed by atoms with van der Waals surface area (Å²) in [4.78, 5) is 0. The lowest BCUT2D eigenvalue weighted by atomic mass is 9.86. The molecule has 2 aliphatic rings. The second-order valence-corrected chi connectivity index (χ2v) is 7.03. The van der Waals surface area contributed by atoms with Crippen LogP contribution in [0.4, 0.5) is 0 Å². The summed E-state index contributed by atoms with van der Waals surface area (Å²) in [6.07, 6.45) is 7.33. The van der Waals surface area contributed by atoms with Crippen LogP contribution in [-0.4, -0.2) is 48.5 Å². The first-order valence-corrected chi connectivity index (χ1v) is 8.35. The van der Waals surface area contributed by atoms with Gasteiger partial charge in [-0.1, -0.05) is 6.42 Å². The first-order valence-electron chi connectivity index (χ1n) is 7.30. The smallest absolute Gasteiger partial charge is 0.0615 e. The Balaban J connectivity index is 1.72. The van der Waals surface area contributed by atoms with E-state index >= 15 is 0 Å². The van der Waals surface area contributed by atoms with Crippen molar-refractivity contribution in [2.75, 3.05) is 32.6 Å². The van der Waals surface area contributed by atoms with E-state index in [-0.39, 0.29) is 12.1 Å². The van der Waals surface area contributed by atoms with Gasteiger partial charge in [0.2, 0.25) is 0 Å². The van der Waals surface area contributed by atoms with Crippen LogP contribution in [0.15, 0.2) is 0 Å². The summed E-state index contributed by atoms with van der Waals surface area (Å²) in [7, 11) is 2.00. The van der Waals surface area contributed by atoms with Gasteiger partial charge in [0.1, 0.15) is 0 Å². The van der Waals surface area contributed by atoms with Gasteiger partial charge in [0.15, 0.2) is 0 Å². The van der Waals surface area contributed by atoms with Gasteiger partial charge in [0, 0.05) is 24.0 Å². The van der Waals surface area contributed by atoms with Crippen molar-refractivity contribution in [3.63, 3.8) is 0 Å². The van der Waals surface area contributed by atoms with E-state index in [4.69, 9.17) is 4.74 Å². The fourth-order valence-electron chi connectivity index (χ4n) is 3.40. The summed E-state index contributed by atoms with van der Waals surface area (Å²) in [6, 6.07) is 0. The molecule has 0 bridgehead atoms. The van der Waals surface area contributed by atoms with Crippen LogP contribution in [0.5, 0.6) is 0 Å². The number of thioether (sulfide) groups is 1. The molecule has 1 heterocycles. The lowest BCUT2D eigenvalue weighted by Gasteiger charge is -2.34. The SMILES string of the molecule is CNC1(CO)CCCC1CCSC1CCOCC1. The number of hydrogen-bond donors (Lipinski definition) is 2. The normalized spacial score (nSPS) is 34.0. The highest BCUT2D eigenvalue weighted by atomic mass is 32.2. The third kappa shape index (κ3) is 3.41. The number of hydrogen-bond acceptors (Lipinski definition) is 4. The Morgan fingerprint density at radius 2 is 2.11 bits per heavy atom. The third-order valence-corrected chi connectivity index (χ3v) is 6.14. The fraction of sp³-hybridized carbons (Fsp3) is 1.00. The van der Waals surface area contributed by atoms with E-state index in [0.29, 0.717) is 5.92 Å². The van der Waals surface area contributed by atoms with Gasteiger partial charge >= 0.3 is 0 Å². The van der Waals surface area contributed by atoms with Gasteiger partial charge in [-0.15, -0.1) is 0 Å². The fourth-order valence-corrected chi connectivity index (χ4v) is 4.68. The third-order valence-electron chi connectivity index (χ3n) is 4.73. The maximum absolute atomic E-state index is 9.65. The number of aliphatic hydroxyl groups excluding tert-OH is 1. The van der Waals surface area contributed by atoms with Crippen molar-refractivity contribution in [2.24, 2.45) is 5.92 Å². The van der Waals surface area contributed by atoms with E-state index in [9.17, 15) is 5.11 Å². The van der Waals surface area contributed by atoms with Crippen molar-refractivity contribution in [1.82, 2.24) is 5.32 Å². The predicted octanol–water partition coefficient (Wildman–Crippen LogP) is 2.04. The van der Waals surface area contributed by atoms with E-state index in [1.54, 1.807) is 0 Å². The summed E-state index contributed by atoms with van der Waals surface area (Å²) in [6.45, 7) is 2.17. The van der Waals surface area contributed by atoms with Crippen LogP contribution in [-0.2, 0) is 4.74 Å². The molecule has 2 atom stereocenters. The van der Waals surface area contributed by atoms with Crippen molar-refractivity contribution in [2.45, 2.75) is 49.3 Å². The Labute approximate surface area is 115 Å². The molecule has 1 aliphatic carbocycles. The lowest BCUT2D eigenvalue weighted by molar-refractivity contribution is 0.0999. The van der Waals surface area contributed by atoms with Gasteiger partial charge in [0.25, 0.3) is 0 Å². The summed E-state index contributed by atoms with van der Waals surface area (Å²) in [5.74, 6) is 1.89. The second kappa shape index (κ2) is 7.13. The van der Waals surface area contributed by atoms with Crippen LogP contribution in [0.25, 0.3) is 0 Å². The molecule has 0 aromatic heterocycles. The van der Waals surface area contributed by atoms with Crippen molar-refractivity contribution in [1.29, 1.82) is 0 Å². The molecule has 3 nitrogen and oxygen atoms in total. The molecule has 0 spiro atoms. The van der Waals surface area contributed by atoms with Crippen LogP contribution in [0, 0.1) is 5.92 Å². The predicted molar refractivity (Wildman–Crippen MR) is 77.1 cm³/mol. The van der Waals surface area contributed by atoms with Crippen LogP contribution in [0.1, 0.15) is 38.5 Å². The maximum Gasteiger partial charge on any atom is 0.0615 e. The molecule has 0 amide bonds. The molecule has 2 fully saturated rings. The molecule has 2 unspecified atom stereocenters. The van der Waals surface area contributed by atoms with Crippen LogP contribution in [0.2, 0.25) is 0 Å². The standard InChI is InChI=1S/C14H27NO2S/c1-15-14(11-16)7-2-3-12(14)6-10-18-13-4-8-17-9-5-13/h12-13,15-16H,2-11H2,1H3. The molecule has 2 rings (SSSR count). The Morgan fingerprint density at radius 3 is 2.78 bits per heavy atom. The molecular formula is C14H27NO2S. The van der Waals surface area contributed by atoms with Gasteiger partial charge in [0.05, 0.1) is 6.61 Å². The second-order valence-electron chi connectivity index (χ2n) is 5.62. The zero-order valence-corrected chi connectivity index (χ0v) is 12.3. The van der Waals surface area contributed by atoms with Crippen molar-refractivity contribution in [3.8, 4) is 0 Å². The van der Waals surface area contributed by atoms with Crippen molar-refractivity contribution in [3.05, 3.63) is 0 Å². The molecule has 0 aromatic rings. The molecular weight excluding hydrogens is 246 g/mol. The number of rotatable bonds is 6. The van der Waals surface area contributed by atoms with Gasteiger partial charge < -0.3 is 15.2 Å². The molecule has 1 saturated carbocycles. The highest BCUT2D eigenvalue weighted by molar-refractivity contribution is 7.99. The molecule has 0 aromatic carbocycles. The lowest BCUT2D eigenvalue weighted by Crippen LogP contribution is -2.49. The molecule has 18 heavy (non-hydrogen) atoms. The number of likely N-dealkylation sites (N-methyl/N-ethyl adjacent to an activating group) is 1. The van der Waals surface area contributed by atoms with Crippen LogP contribution >= 0.6 is 11.8 Å². The highest BCUT2D eigenvalue weighted by Gasteiger charge is 2.40. The minimum atomic E-state index is 0.0102. The minimum Gasteiger partial charge on any atom is -0.394 e. The number of ether oxygens (including phenoxy) is 1. The summed E-state index contributed by atoms with van der Waals surface area (Å²) in [5, 5.41) is 13.8. The van der Waals surface area contributed by atoms with Crippen molar-refractivity contribution >= 4 is 11.8 Å². The number of aliphatic hydroxyl groups is 1. The van der Waals surface area contributed by atoms with Gasteiger partial charge in [-0.05, 0) is 50.8 Å². The van der Waals surface area contributed by atoms with Crippen molar-refractivity contribution < 1.29 is 9.84 Å². The zero-order chi connectivity index (χ0) is 12.8. The summed E-state index contributed by atoms with van der Waals surface area (Å²) < 4.78 is 5.39. The zero-order valence-electron chi connectivity index (χ0n) is 11.5. The highest BCUT2D eigenvalue weighted by Crippen LogP contribution is 2.38. The molecule has 106 valence electrons. The molecule has 1 aliphatic heterocycles. The van der Waals surface area contributed by atoms with Crippen LogP contribution < -0.4 is 5.32 Å². The Bertz CT molecular complexity index is 240. The van der Waals surface area contributed by atoms with Gasteiger partial charge in [-0.25, -0.2) is 0 Å². The summed E-state index contributed by atoms with van der Waals surface area (Å²) >= 11 is 2.12.